The van der Waals surface area contributed by atoms with Crippen molar-refractivity contribution in [3.63, 3.8) is 0 Å². The van der Waals surface area contributed by atoms with Crippen molar-refractivity contribution in [3.05, 3.63) is 0 Å². The molecule has 1 aliphatic heterocycles. The third kappa shape index (κ3) is 2.01. The molecule has 4 fully saturated rings. The molecule has 0 aromatic carbocycles. The topological polar surface area (TPSA) is 145 Å². The minimum Gasteiger partial charge on any atom is -0.393 e. The lowest BCUT2D eigenvalue weighted by atomic mass is 9.42. The molecule has 2 unspecified atom stereocenters. The molecule has 1 saturated heterocycles. The first-order chi connectivity index (χ1) is 12.7. The molecule has 28 heavy (non-hydrogen) atoms. The number of carbonyl (C=O) groups is 2. The SMILES string of the molecule is CC1C2C(=O)C(=O)[C@@]3(C)[C@H]([C@H](O)[C@](O)(C[C@@H]1O)C2(C)C)[C@]1(O)CO[C@@H]1C[C@@H]3O. The van der Waals surface area contributed by atoms with Gasteiger partial charge in [0.2, 0.25) is 11.6 Å². The highest BCUT2D eigenvalue weighted by Crippen LogP contribution is 2.62. The highest BCUT2D eigenvalue weighted by molar-refractivity contribution is 6.40. The summed E-state index contributed by atoms with van der Waals surface area (Å²) in [5, 5.41) is 55.7. The van der Waals surface area contributed by atoms with E-state index in [2.05, 4.69) is 0 Å². The van der Waals surface area contributed by atoms with E-state index in [0.717, 1.165) is 0 Å². The first-order valence-corrected chi connectivity index (χ1v) is 9.93. The molecule has 5 N–H and O–H groups in total. The zero-order valence-electron chi connectivity index (χ0n) is 16.6. The van der Waals surface area contributed by atoms with Gasteiger partial charge in [0.05, 0.1) is 42.0 Å². The lowest BCUT2D eigenvalue weighted by molar-refractivity contribution is -0.348. The van der Waals surface area contributed by atoms with Crippen LogP contribution in [0.1, 0.15) is 40.5 Å². The zero-order valence-corrected chi connectivity index (χ0v) is 16.6. The lowest BCUT2D eigenvalue weighted by Gasteiger charge is -2.67. The maximum Gasteiger partial charge on any atom is 0.207 e. The monoisotopic (exact) mass is 398 g/mol. The van der Waals surface area contributed by atoms with E-state index in [-0.39, 0.29) is 19.4 Å². The molecule has 4 rings (SSSR count). The van der Waals surface area contributed by atoms with E-state index in [1.807, 2.05) is 0 Å². The predicted octanol–water partition coefficient (Wildman–Crippen LogP) is -1.21. The molecule has 8 heteroatoms. The van der Waals surface area contributed by atoms with Crippen LogP contribution in [0.25, 0.3) is 0 Å². The van der Waals surface area contributed by atoms with Crippen LogP contribution in [0.4, 0.5) is 0 Å². The van der Waals surface area contributed by atoms with Crippen LogP contribution < -0.4 is 0 Å². The molecule has 4 aliphatic rings. The normalized spacial score (nSPS) is 58.1. The van der Waals surface area contributed by atoms with Gasteiger partial charge in [-0.3, -0.25) is 9.59 Å². The summed E-state index contributed by atoms with van der Waals surface area (Å²) < 4.78 is 5.36. The molecule has 0 aromatic heterocycles. The average molecular weight is 398 g/mol. The third-order valence-corrected chi connectivity index (χ3v) is 8.73. The summed E-state index contributed by atoms with van der Waals surface area (Å²) in [4.78, 5) is 26.8. The standard InChI is InChI=1S/C20H30O8/c1-8-9(21)6-20(27)16(25)14-18(4,10(22)5-11-19(14,26)7-28-11)15(24)13(23)12(8)17(20,2)3/h8-12,14,16,21-22,25-27H,5-7H2,1-4H3/t8?,9-,10-,11+,12?,14-,16-,18+,19-,20+/m0/s1. The number of rotatable bonds is 0. The maximum atomic E-state index is 13.4. The Hall–Kier alpha value is -0.900. The minimum absolute atomic E-state index is 0.0418. The van der Waals surface area contributed by atoms with Crippen LogP contribution in [0.3, 0.4) is 0 Å². The Labute approximate surface area is 163 Å². The second-order valence-electron chi connectivity index (χ2n) is 10.2. The van der Waals surface area contributed by atoms with Crippen LogP contribution in [-0.2, 0) is 14.3 Å². The molecule has 0 spiro atoms. The fraction of sp³-hybridized carbons (Fsp3) is 0.900. The van der Waals surface area contributed by atoms with E-state index in [1.165, 1.54) is 6.92 Å². The molecule has 10 atom stereocenters. The van der Waals surface area contributed by atoms with Crippen molar-refractivity contribution in [3.8, 4) is 0 Å². The number of ketones is 2. The Morgan fingerprint density at radius 3 is 2.21 bits per heavy atom. The van der Waals surface area contributed by atoms with Gasteiger partial charge in [-0.2, -0.15) is 0 Å². The smallest absolute Gasteiger partial charge is 0.207 e. The third-order valence-electron chi connectivity index (χ3n) is 8.73. The summed E-state index contributed by atoms with van der Waals surface area (Å²) in [7, 11) is 0. The molecule has 0 amide bonds. The number of aliphatic hydroxyl groups is 5. The predicted molar refractivity (Wildman–Crippen MR) is 94.9 cm³/mol. The van der Waals surface area contributed by atoms with Gasteiger partial charge in [-0.05, 0) is 12.8 Å². The van der Waals surface area contributed by atoms with Gasteiger partial charge in [0.1, 0.15) is 5.60 Å². The molecule has 8 nitrogen and oxygen atoms in total. The molecular weight excluding hydrogens is 368 g/mol. The van der Waals surface area contributed by atoms with Crippen LogP contribution in [0, 0.1) is 28.6 Å². The Morgan fingerprint density at radius 1 is 1.07 bits per heavy atom. The van der Waals surface area contributed by atoms with Crippen LogP contribution in [0.15, 0.2) is 0 Å². The number of fused-ring (bicyclic) bond motifs is 5. The van der Waals surface area contributed by atoms with Crippen LogP contribution >= 0.6 is 0 Å². The van der Waals surface area contributed by atoms with E-state index < -0.39 is 75.8 Å². The summed E-state index contributed by atoms with van der Waals surface area (Å²) in [6, 6.07) is 0. The molecule has 3 aliphatic carbocycles. The van der Waals surface area contributed by atoms with Crippen LogP contribution in [0.2, 0.25) is 0 Å². The van der Waals surface area contributed by atoms with Gasteiger partial charge in [-0.15, -0.1) is 0 Å². The average Bonchev–Trinajstić information content (AvgIpc) is 2.60. The van der Waals surface area contributed by atoms with Crippen molar-refractivity contribution in [2.45, 2.75) is 76.2 Å². The Morgan fingerprint density at radius 2 is 1.68 bits per heavy atom. The van der Waals surface area contributed by atoms with E-state index >= 15 is 0 Å². The highest BCUT2D eigenvalue weighted by atomic mass is 16.6. The number of ether oxygens (including phenoxy) is 1. The number of Topliss-reactive ketones (excluding diaryl/α,β-unsaturated/α-hetero) is 2. The van der Waals surface area contributed by atoms with Gasteiger partial charge in [0.25, 0.3) is 0 Å². The minimum atomic E-state index is -1.95. The van der Waals surface area contributed by atoms with Gasteiger partial charge in [0.15, 0.2) is 0 Å². The van der Waals surface area contributed by atoms with Gasteiger partial charge >= 0.3 is 0 Å². The first-order valence-electron chi connectivity index (χ1n) is 9.93. The fourth-order valence-corrected chi connectivity index (χ4v) is 6.67. The fourth-order valence-electron chi connectivity index (χ4n) is 6.67. The second kappa shape index (κ2) is 5.62. The largest absolute Gasteiger partial charge is 0.393 e. The quantitative estimate of drug-likeness (QED) is 0.320. The van der Waals surface area contributed by atoms with Gasteiger partial charge < -0.3 is 30.3 Å². The van der Waals surface area contributed by atoms with E-state index in [4.69, 9.17) is 4.74 Å². The lowest BCUT2D eigenvalue weighted by Crippen LogP contribution is -2.81. The van der Waals surface area contributed by atoms with E-state index in [9.17, 15) is 35.1 Å². The summed E-state index contributed by atoms with van der Waals surface area (Å²) >= 11 is 0. The van der Waals surface area contributed by atoms with E-state index in [1.54, 1.807) is 20.8 Å². The van der Waals surface area contributed by atoms with E-state index in [0.29, 0.717) is 0 Å². The molecule has 2 bridgehead atoms. The van der Waals surface area contributed by atoms with Crippen molar-refractivity contribution in [2.24, 2.45) is 28.6 Å². The van der Waals surface area contributed by atoms with Crippen molar-refractivity contribution in [2.75, 3.05) is 6.61 Å². The van der Waals surface area contributed by atoms with Crippen molar-refractivity contribution in [1.29, 1.82) is 0 Å². The number of carbonyl (C=O) groups excluding carboxylic acids is 2. The highest BCUT2D eigenvalue weighted by Gasteiger charge is 2.76. The van der Waals surface area contributed by atoms with Crippen molar-refractivity contribution >= 4 is 11.6 Å². The van der Waals surface area contributed by atoms with Gasteiger partial charge in [-0.25, -0.2) is 0 Å². The van der Waals surface area contributed by atoms with Crippen molar-refractivity contribution in [1.82, 2.24) is 0 Å². The van der Waals surface area contributed by atoms with Gasteiger partial charge in [0, 0.05) is 30.1 Å². The Balaban J connectivity index is 1.98. The molecule has 0 aromatic rings. The molecule has 0 radical (unpaired) electrons. The van der Waals surface area contributed by atoms with Crippen LogP contribution in [0.5, 0.6) is 0 Å². The maximum absolute atomic E-state index is 13.4. The van der Waals surface area contributed by atoms with Crippen molar-refractivity contribution < 1.29 is 39.9 Å². The Kier molecular flexibility index (Phi) is 4.09. The first kappa shape index (κ1) is 20.4. The van der Waals surface area contributed by atoms with Crippen LogP contribution in [-0.4, -0.2) is 79.3 Å². The summed E-state index contributed by atoms with van der Waals surface area (Å²) in [5.41, 5.74) is -6.61. The summed E-state index contributed by atoms with van der Waals surface area (Å²) in [6.45, 7) is 6.08. The number of hydrogen-bond acceptors (Lipinski definition) is 8. The zero-order chi connectivity index (χ0) is 21.0. The molecular formula is C20H30O8. The molecule has 3 saturated carbocycles. The molecule has 1 heterocycles. The summed E-state index contributed by atoms with van der Waals surface area (Å²) in [6.07, 6.45) is -5.12. The Bertz CT molecular complexity index is 736. The number of aliphatic hydroxyl groups excluding tert-OH is 3. The van der Waals surface area contributed by atoms with Gasteiger partial charge in [-0.1, -0.05) is 20.8 Å². The molecule has 158 valence electrons. The summed E-state index contributed by atoms with van der Waals surface area (Å²) in [5.74, 6) is -4.61. The second-order valence-corrected chi connectivity index (χ2v) is 10.2. The number of hydrogen-bond donors (Lipinski definition) is 5.